The Balaban J connectivity index is 2.03. The normalized spacial score (nSPS) is 13.6. The lowest BCUT2D eigenvalue weighted by Crippen LogP contribution is -2.21. The van der Waals surface area contributed by atoms with Gasteiger partial charge in [0, 0.05) is 19.2 Å². The van der Waals surface area contributed by atoms with Gasteiger partial charge in [0.2, 0.25) is 11.6 Å². The highest BCUT2D eigenvalue weighted by atomic mass is 16.6. The quantitative estimate of drug-likeness (QED) is 0.630. The first-order valence-corrected chi connectivity index (χ1v) is 7.87. The van der Waals surface area contributed by atoms with Crippen molar-refractivity contribution < 1.29 is 14.4 Å². The first kappa shape index (κ1) is 16.7. The lowest BCUT2D eigenvalue weighted by Gasteiger charge is -2.18. The highest BCUT2D eigenvalue weighted by Crippen LogP contribution is 2.38. The summed E-state index contributed by atoms with van der Waals surface area (Å²) in [7, 11) is 3.07. The molecule has 0 unspecified atom stereocenters. The number of rotatable bonds is 6. The van der Waals surface area contributed by atoms with Crippen molar-refractivity contribution in [3.8, 4) is 11.5 Å². The molecule has 1 aliphatic rings. The average molecular weight is 345 g/mol. The molecule has 0 radical (unpaired) electrons. The topological polar surface area (TPSA) is 103 Å². The number of hydrogen-bond acceptors (Lipinski definition) is 8. The van der Waals surface area contributed by atoms with Crippen molar-refractivity contribution in [3.05, 3.63) is 34.6 Å². The van der Waals surface area contributed by atoms with E-state index in [-0.39, 0.29) is 11.5 Å². The second kappa shape index (κ2) is 7.20. The molecule has 0 bridgehead atoms. The molecule has 0 amide bonds. The minimum atomic E-state index is -0.456. The molecule has 2 heterocycles. The lowest BCUT2D eigenvalue weighted by atomic mass is 10.2. The van der Waals surface area contributed by atoms with E-state index in [1.54, 1.807) is 25.3 Å². The van der Waals surface area contributed by atoms with Crippen LogP contribution in [0.1, 0.15) is 12.8 Å². The van der Waals surface area contributed by atoms with Gasteiger partial charge in [-0.05, 0) is 25.0 Å². The Morgan fingerprint density at radius 3 is 2.60 bits per heavy atom. The van der Waals surface area contributed by atoms with E-state index >= 15 is 0 Å². The highest BCUT2D eigenvalue weighted by Gasteiger charge is 2.29. The Bertz CT molecular complexity index is 777. The summed E-state index contributed by atoms with van der Waals surface area (Å²) >= 11 is 0. The first-order valence-electron chi connectivity index (χ1n) is 7.87. The van der Waals surface area contributed by atoms with Crippen molar-refractivity contribution in [2.24, 2.45) is 0 Å². The monoisotopic (exact) mass is 345 g/mol. The van der Waals surface area contributed by atoms with Gasteiger partial charge in [-0.2, -0.15) is 0 Å². The van der Waals surface area contributed by atoms with E-state index < -0.39 is 4.92 Å². The molecule has 132 valence electrons. The molecule has 9 heteroatoms. The van der Waals surface area contributed by atoms with Crippen molar-refractivity contribution in [3.63, 3.8) is 0 Å². The molecule has 0 saturated carbocycles. The minimum Gasteiger partial charge on any atom is -0.497 e. The zero-order chi connectivity index (χ0) is 17.8. The number of nitrogens with zero attached hydrogens (tertiary/aromatic N) is 4. The largest absolute Gasteiger partial charge is 0.497 e. The number of aromatic nitrogens is 2. The van der Waals surface area contributed by atoms with Crippen LogP contribution in [0.5, 0.6) is 11.5 Å². The van der Waals surface area contributed by atoms with E-state index in [4.69, 9.17) is 9.47 Å². The molecule has 1 aliphatic heterocycles. The van der Waals surface area contributed by atoms with Crippen LogP contribution in [0.2, 0.25) is 0 Å². The SMILES string of the molecule is COc1ccc(OC)c(Nc2ncnc(N3CCCC3)c2[N+](=O)[O-])c1. The number of ether oxygens (including phenoxy) is 2. The summed E-state index contributed by atoms with van der Waals surface area (Å²) < 4.78 is 10.5. The van der Waals surface area contributed by atoms with E-state index in [1.807, 2.05) is 4.90 Å². The van der Waals surface area contributed by atoms with Gasteiger partial charge in [0.05, 0.1) is 24.8 Å². The number of benzene rings is 1. The van der Waals surface area contributed by atoms with Gasteiger partial charge in [0.1, 0.15) is 17.8 Å². The molecule has 0 aliphatic carbocycles. The van der Waals surface area contributed by atoms with Crippen LogP contribution in [-0.4, -0.2) is 42.2 Å². The standard InChI is InChI=1S/C16H19N5O4/c1-24-11-5-6-13(25-2)12(9-11)19-15-14(21(22)23)16(18-10-17-15)20-7-3-4-8-20/h5-6,9-10H,3-4,7-8H2,1-2H3,(H,17,18,19). The van der Waals surface area contributed by atoms with Gasteiger partial charge in [-0.15, -0.1) is 0 Å². The summed E-state index contributed by atoms with van der Waals surface area (Å²) in [6.45, 7) is 1.50. The average Bonchev–Trinajstić information content (AvgIpc) is 3.15. The maximum absolute atomic E-state index is 11.7. The first-order chi connectivity index (χ1) is 12.1. The number of nitro groups is 1. The van der Waals surface area contributed by atoms with Crippen molar-refractivity contribution in [1.82, 2.24) is 9.97 Å². The number of methoxy groups -OCH3 is 2. The third-order valence-electron chi connectivity index (χ3n) is 4.05. The van der Waals surface area contributed by atoms with Crippen LogP contribution in [0.15, 0.2) is 24.5 Å². The van der Waals surface area contributed by atoms with Crippen LogP contribution in [-0.2, 0) is 0 Å². The van der Waals surface area contributed by atoms with Gasteiger partial charge in [-0.1, -0.05) is 0 Å². The van der Waals surface area contributed by atoms with Crippen molar-refractivity contribution in [1.29, 1.82) is 0 Å². The minimum absolute atomic E-state index is 0.119. The van der Waals surface area contributed by atoms with Crippen LogP contribution in [0.25, 0.3) is 0 Å². The van der Waals surface area contributed by atoms with Gasteiger partial charge >= 0.3 is 5.69 Å². The van der Waals surface area contributed by atoms with Gasteiger partial charge in [0.25, 0.3) is 0 Å². The summed E-state index contributed by atoms with van der Waals surface area (Å²) in [5, 5.41) is 14.7. The third-order valence-corrected chi connectivity index (χ3v) is 4.05. The molecule has 9 nitrogen and oxygen atoms in total. The lowest BCUT2D eigenvalue weighted by molar-refractivity contribution is -0.383. The summed E-state index contributed by atoms with van der Waals surface area (Å²) in [6, 6.07) is 5.16. The molecular formula is C16H19N5O4. The van der Waals surface area contributed by atoms with Crippen LogP contribution < -0.4 is 19.7 Å². The van der Waals surface area contributed by atoms with Crippen LogP contribution in [0, 0.1) is 10.1 Å². The molecule has 1 fully saturated rings. The number of nitrogens with one attached hydrogen (secondary N) is 1. The second-order valence-corrected chi connectivity index (χ2v) is 5.54. The van der Waals surface area contributed by atoms with E-state index in [0.717, 1.165) is 25.9 Å². The molecule has 0 atom stereocenters. The molecule has 1 saturated heterocycles. The Morgan fingerprint density at radius 1 is 1.20 bits per heavy atom. The highest BCUT2D eigenvalue weighted by molar-refractivity contribution is 5.77. The fraction of sp³-hybridized carbons (Fsp3) is 0.375. The Morgan fingerprint density at radius 2 is 1.96 bits per heavy atom. The molecule has 0 spiro atoms. The maximum Gasteiger partial charge on any atom is 0.353 e. The second-order valence-electron chi connectivity index (χ2n) is 5.54. The van der Waals surface area contributed by atoms with Crippen molar-refractivity contribution >= 4 is 23.0 Å². The van der Waals surface area contributed by atoms with Gasteiger partial charge < -0.3 is 19.7 Å². The number of anilines is 3. The van der Waals surface area contributed by atoms with E-state index in [2.05, 4.69) is 15.3 Å². The predicted molar refractivity (Wildman–Crippen MR) is 93.0 cm³/mol. The smallest absolute Gasteiger partial charge is 0.353 e. The molecule has 1 N–H and O–H groups in total. The molecule has 1 aromatic heterocycles. The van der Waals surface area contributed by atoms with E-state index in [1.165, 1.54) is 13.4 Å². The molecule has 3 rings (SSSR count). The Labute approximate surface area is 144 Å². The fourth-order valence-electron chi connectivity index (χ4n) is 2.83. The Kier molecular flexibility index (Phi) is 4.82. The van der Waals surface area contributed by atoms with Crippen molar-refractivity contribution in [2.45, 2.75) is 12.8 Å². The van der Waals surface area contributed by atoms with Gasteiger partial charge in [-0.3, -0.25) is 10.1 Å². The molecule has 25 heavy (non-hydrogen) atoms. The summed E-state index contributed by atoms with van der Waals surface area (Å²) in [5.74, 6) is 1.58. The fourth-order valence-corrected chi connectivity index (χ4v) is 2.83. The van der Waals surface area contributed by atoms with E-state index in [0.29, 0.717) is 23.0 Å². The van der Waals surface area contributed by atoms with Gasteiger partial charge in [0.15, 0.2) is 0 Å². The predicted octanol–water partition coefficient (Wildman–Crippen LogP) is 2.75. The van der Waals surface area contributed by atoms with Crippen LogP contribution in [0.3, 0.4) is 0 Å². The van der Waals surface area contributed by atoms with Gasteiger partial charge in [-0.25, -0.2) is 9.97 Å². The summed E-state index contributed by atoms with van der Waals surface area (Å²) in [4.78, 5) is 21.3. The zero-order valence-electron chi connectivity index (χ0n) is 14.1. The third kappa shape index (κ3) is 3.39. The summed E-state index contributed by atoms with van der Waals surface area (Å²) in [5.41, 5.74) is 0.380. The maximum atomic E-state index is 11.7. The number of hydrogen-bond donors (Lipinski definition) is 1. The van der Waals surface area contributed by atoms with E-state index in [9.17, 15) is 10.1 Å². The molecule has 2 aromatic rings. The summed E-state index contributed by atoms with van der Waals surface area (Å²) in [6.07, 6.45) is 3.32. The van der Waals surface area contributed by atoms with Crippen LogP contribution >= 0.6 is 0 Å². The molecule has 1 aromatic carbocycles. The zero-order valence-corrected chi connectivity index (χ0v) is 14.1. The Hall–Kier alpha value is -3.10. The van der Waals surface area contributed by atoms with Crippen LogP contribution in [0.4, 0.5) is 23.0 Å². The molecular weight excluding hydrogens is 326 g/mol. The van der Waals surface area contributed by atoms with Crippen molar-refractivity contribution in [2.75, 3.05) is 37.5 Å².